The van der Waals surface area contributed by atoms with E-state index in [4.69, 9.17) is 31.0 Å². The number of amides is 2. The molecule has 2 amide bonds. The summed E-state index contributed by atoms with van der Waals surface area (Å²) in [4.78, 5) is 29.1. The van der Waals surface area contributed by atoms with E-state index in [0.717, 1.165) is 35.4 Å². The van der Waals surface area contributed by atoms with Crippen LogP contribution in [-0.2, 0) is 11.4 Å². The molecular formula is C24H29N5O5. The summed E-state index contributed by atoms with van der Waals surface area (Å²) in [5, 5.41) is 10.3. The van der Waals surface area contributed by atoms with E-state index in [1.54, 1.807) is 17.2 Å². The first kappa shape index (κ1) is 23.4. The summed E-state index contributed by atoms with van der Waals surface area (Å²) in [5.41, 5.74) is 13.9. The normalized spacial score (nSPS) is 18.0. The van der Waals surface area contributed by atoms with E-state index in [-0.39, 0.29) is 6.61 Å². The number of nitrogens with two attached hydrogens (primary N) is 2. The van der Waals surface area contributed by atoms with Gasteiger partial charge in [-0.05, 0) is 36.0 Å². The van der Waals surface area contributed by atoms with Crippen molar-refractivity contribution in [2.24, 2.45) is 16.9 Å². The number of nitriles is 1. The number of hydroxylamine groups is 2. The number of fused-ring (bicyclic) bond motifs is 1. The predicted molar refractivity (Wildman–Crippen MR) is 123 cm³/mol. The predicted octanol–water partition coefficient (Wildman–Crippen LogP) is 3.81. The highest BCUT2D eigenvalue weighted by atomic mass is 16.7. The Hall–Kier alpha value is -3.71. The highest BCUT2D eigenvalue weighted by Crippen LogP contribution is 2.55. The van der Waals surface area contributed by atoms with Gasteiger partial charge in [-0.15, -0.1) is 5.06 Å². The summed E-state index contributed by atoms with van der Waals surface area (Å²) in [7, 11) is 0. The Morgan fingerprint density at radius 2 is 1.76 bits per heavy atom. The van der Waals surface area contributed by atoms with Crippen LogP contribution in [0.2, 0.25) is 0 Å². The van der Waals surface area contributed by atoms with Gasteiger partial charge < -0.3 is 30.3 Å². The number of carbonyl (C=O) groups is 2. The van der Waals surface area contributed by atoms with E-state index in [2.05, 4.69) is 4.57 Å². The Morgan fingerprint density at radius 3 is 2.29 bits per heavy atom. The summed E-state index contributed by atoms with van der Waals surface area (Å²) in [6.45, 7) is 6.96. The average molecular weight is 468 g/mol. The molecule has 2 heterocycles. The van der Waals surface area contributed by atoms with Gasteiger partial charge in [0.2, 0.25) is 0 Å². The molecule has 4 rings (SSSR count). The topological polar surface area (TPSA) is 146 Å². The van der Waals surface area contributed by atoms with E-state index < -0.39 is 23.6 Å². The zero-order valence-electron chi connectivity index (χ0n) is 19.5. The van der Waals surface area contributed by atoms with Gasteiger partial charge in [-0.1, -0.05) is 32.9 Å². The minimum Gasteiger partial charge on any atom is -0.479 e. The number of benzene rings is 1. The van der Waals surface area contributed by atoms with Crippen LogP contribution in [0.15, 0.2) is 24.3 Å². The molecule has 10 heteroatoms. The third-order valence-corrected chi connectivity index (χ3v) is 6.03. The fourth-order valence-corrected chi connectivity index (χ4v) is 4.76. The van der Waals surface area contributed by atoms with Gasteiger partial charge in [0.15, 0.2) is 12.4 Å². The van der Waals surface area contributed by atoms with Crippen LogP contribution in [0.5, 0.6) is 11.5 Å². The van der Waals surface area contributed by atoms with Crippen molar-refractivity contribution in [3.63, 3.8) is 0 Å². The van der Waals surface area contributed by atoms with Crippen LogP contribution in [0.25, 0.3) is 11.1 Å². The Bertz CT molecular complexity index is 1140. The van der Waals surface area contributed by atoms with Crippen LogP contribution in [-0.4, -0.2) is 35.0 Å². The second-order valence-corrected chi connectivity index (χ2v) is 9.61. The lowest BCUT2D eigenvalue weighted by molar-refractivity contribution is -0.168. The van der Waals surface area contributed by atoms with Crippen molar-refractivity contribution in [3.8, 4) is 28.7 Å². The van der Waals surface area contributed by atoms with Crippen molar-refractivity contribution in [1.29, 1.82) is 5.26 Å². The van der Waals surface area contributed by atoms with E-state index >= 15 is 0 Å². The quantitative estimate of drug-likeness (QED) is 0.657. The molecule has 1 unspecified atom stereocenters. The first-order chi connectivity index (χ1) is 16.1. The fraction of sp³-hybridized carbons (Fsp3) is 0.458. The Kier molecular flexibility index (Phi) is 6.15. The Morgan fingerprint density at radius 1 is 1.09 bits per heavy atom. The summed E-state index contributed by atoms with van der Waals surface area (Å²) in [5.74, 6) is 1.24. The number of ether oxygens (including phenoxy) is 2. The maximum atomic E-state index is 12.0. The molecule has 1 atom stereocenters. The molecule has 2 aromatic rings. The molecule has 0 bridgehead atoms. The molecule has 180 valence electrons. The molecule has 1 aromatic heterocycles. The van der Waals surface area contributed by atoms with E-state index in [9.17, 15) is 9.59 Å². The molecule has 1 aromatic carbocycles. The van der Waals surface area contributed by atoms with Crippen molar-refractivity contribution in [1.82, 2.24) is 9.63 Å². The largest absolute Gasteiger partial charge is 0.479 e. The second kappa shape index (κ2) is 8.91. The van der Waals surface area contributed by atoms with E-state index in [1.807, 2.05) is 39.0 Å². The molecule has 4 N–H and O–H groups in total. The van der Waals surface area contributed by atoms with Crippen molar-refractivity contribution in [3.05, 3.63) is 35.7 Å². The van der Waals surface area contributed by atoms with Gasteiger partial charge in [-0.2, -0.15) is 5.26 Å². The van der Waals surface area contributed by atoms with E-state index in [0.29, 0.717) is 30.5 Å². The molecule has 1 saturated carbocycles. The summed E-state index contributed by atoms with van der Waals surface area (Å²) in [6, 6.07) is 8.81. The molecule has 2 aliphatic rings. The molecule has 0 saturated heterocycles. The third kappa shape index (κ3) is 4.52. The van der Waals surface area contributed by atoms with Crippen molar-refractivity contribution < 1.29 is 23.9 Å². The number of nitrogens with zero attached hydrogens (tertiary/aromatic N) is 3. The molecule has 34 heavy (non-hydrogen) atoms. The SMILES string of the molecule is CC(C)(C)C1c2c(OC(N)=O)c(-c3ccc(OCC#N)cc3)c(C3CC3)n2CCN1OC(N)=O. The summed E-state index contributed by atoms with van der Waals surface area (Å²) >= 11 is 0. The molecular weight excluding hydrogens is 438 g/mol. The van der Waals surface area contributed by atoms with Gasteiger partial charge in [0.05, 0.1) is 18.3 Å². The second-order valence-electron chi connectivity index (χ2n) is 9.61. The molecule has 0 radical (unpaired) electrons. The molecule has 1 fully saturated rings. The van der Waals surface area contributed by atoms with Crippen molar-refractivity contribution in [2.75, 3.05) is 13.2 Å². The highest BCUT2D eigenvalue weighted by Gasteiger charge is 2.46. The average Bonchev–Trinajstić information content (AvgIpc) is 3.54. The highest BCUT2D eigenvalue weighted by molar-refractivity contribution is 5.81. The number of hydrogen-bond donors (Lipinski definition) is 2. The minimum absolute atomic E-state index is 0.0494. The maximum Gasteiger partial charge on any atom is 0.423 e. The minimum atomic E-state index is -0.924. The molecule has 10 nitrogen and oxygen atoms in total. The molecule has 0 spiro atoms. The van der Waals surface area contributed by atoms with Crippen molar-refractivity contribution >= 4 is 12.2 Å². The smallest absolute Gasteiger partial charge is 0.423 e. The maximum absolute atomic E-state index is 12.0. The van der Waals surface area contributed by atoms with Crippen LogP contribution >= 0.6 is 0 Å². The fourth-order valence-electron chi connectivity index (χ4n) is 4.76. The van der Waals surface area contributed by atoms with E-state index in [1.165, 1.54) is 0 Å². The van der Waals surface area contributed by atoms with Gasteiger partial charge >= 0.3 is 12.2 Å². The first-order valence-electron chi connectivity index (χ1n) is 11.2. The first-order valence-corrected chi connectivity index (χ1v) is 11.2. The lowest BCUT2D eigenvalue weighted by Gasteiger charge is -2.42. The standard InChI is InChI=1S/C24H29N5O5/c1-24(2,3)21-19-20(33-22(26)30)17(14-6-8-16(9-7-14)32-13-10-25)18(15-4-5-15)28(19)11-12-29(21)34-23(27)31/h6-9,15,21H,4-5,11-13H2,1-3H3,(H2,26,30)(H2,27,31). The van der Waals surface area contributed by atoms with Crippen molar-refractivity contribution in [2.45, 2.75) is 52.1 Å². The van der Waals surface area contributed by atoms with Crippen LogP contribution in [0.1, 0.15) is 57.0 Å². The number of aromatic nitrogens is 1. The number of rotatable bonds is 6. The summed E-state index contributed by atoms with van der Waals surface area (Å²) < 4.78 is 13.2. The van der Waals surface area contributed by atoms with Gasteiger partial charge in [-0.3, -0.25) is 0 Å². The Labute approximate surface area is 197 Å². The zero-order chi connectivity index (χ0) is 24.6. The van der Waals surface area contributed by atoms with Crippen LogP contribution in [0, 0.1) is 16.7 Å². The lowest BCUT2D eigenvalue weighted by Crippen LogP contribution is -2.46. The molecule has 1 aliphatic carbocycles. The summed E-state index contributed by atoms with van der Waals surface area (Å²) in [6.07, 6.45) is 0.225. The van der Waals surface area contributed by atoms with Gasteiger partial charge in [-0.25, -0.2) is 9.59 Å². The monoisotopic (exact) mass is 467 g/mol. The zero-order valence-corrected chi connectivity index (χ0v) is 19.5. The Balaban J connectivity index is 1.93. The molecule has 1 aliphatic heterocycles. The number of carbonyl (C=O) groups excluding carboxylic acids is 2. The van der Waals surface area contributed by atoms with Crippen LogP contribution in [0.3, 0.4) is 0 Å². The van der Waals surface area contributed by atoms with Gasteiger partial charge in [0, 0.05) is 23.7 Å². The number of primary amides is 2. The van der Waals surface area contributed by atoms with Crippen LogP contribution < -0.4 is 20.9 Å². The number of hydrogen-bond acceptors (Lipinski definition) is 7. The third-order valence-electron chi connectivity index (χ3n) is 6.03. The van der Waals surface area contributed by atoms with Gasteiger partial charge in [0.1, 0.15) is 11.8 Å². The lowest BCUT2D eigenvalue weighted by atomic mass is 9.83. The van der Waals surface area contributed by atoms with Crippen LogP contribution in [0.4, 0.5) is 9.59 Å². The van der Waals surface area contributed by atoms with Gasteiger partial charge in [0.25, 0.3) is 0 Å².